The van der Waals surface area contributed by atoms with E-state index in [9.17, 15) is 0 Å². The second kappa shape index (κ2) is 8.52. The minimum Gasteiger partial charge on any atom is -0.377 e. The van der Waals surface area contributed by atoms with Crippen LogP contribution in [0, 0.1) is 0 Å². The van der Waals surface area contributed by atoms with Gasteiger partial charge in [-0.1, -0.05) is 45.0 Å². The van der Waals surface area contributed by atoms with Crippen LogP contribution in [-0.4, -0.2) is 36.7 Å². The summed E-state index contributed by atoms with van der Waals surface area (Å²) < 4.78 is 5.78. The van der Waals surface area contributed by atoms with Gasteiger partial charge in [0, 0.05) is 32.3 Å². The number of hydrogen-bond acceptors (Lipinski definition) is 3. The Balaban J connectivity index is 1.95. The largest absolute Gasteiger partial charge is 0.377 e. The molecule has 1 heterocycles. The fraction of sp³-hybridized carbons (Fsp3) is 0.667. The molecule has 0 bridgehead atoms. The van der Waals surface area contributed by atoms with Gasteiger partial charge in [-0.2, -0.15) is 0 Å². The number of hydrogen-bond donors (Lipinski definition) is 1. The van der Waals surface area contributed by atoms with Gasteiger partial charge in [0.25, 0.3) is 0 Å². The first-order valence-electron chi connectivity index (χ1n) is 8.33. The van der Waals surface area contributed by atoms with Gasteiger partial charge < -0.3 is 10.1 Å². The van der Waals surface area contributed by atoms with Crippen LogP contribution < -0.4 is 5.32 Å². The molecule has 0 aliphatic carbocycles. The molecule has 3 heteroatoms. The fourth-order valence-electron chi connectivity index (χ4n) is 2.82. The van der Waals surface area contributed by atoms with Crippen molar-refractivity contribution in [3.05, 3.63) is 35.4 Å². The molecular formula is C18H30N2O. The lowest BCUT2D eigenvalue weighted by Gasteiger charge is -2.25. The Morgan fingerprint density at radius 1 is 1.29 bits per heavy atom. The van der Waals surface area contributed by atoms with Gasteiger partial charge in [-0.05, 0) is 30.5 Å². The van der Waals surface area contributed by atoms with E-state index in [1.54, 1.807) is 0 Å². The highest BCUT2D eigenvalue weighted by Gasteiger charge is 2.19. The van der Waals surface area contributed by atoms with Gasteiger partial charge in [0.2, 0.25) is 0 Å². The zero-order valence-corrected chi connectivity index (χ0v) is 13.8. The van der Waals surface area contributed by atoms with Gasteiger partial charge in [-0.3, -0.25) is 4.90 Å². The average molecular weight is 290 g/mol. The molecule has 2 rings (SSSR count). The molecule has 1 atom stereocenters. The number of rotatable bonds is 8. The van der Waals surface area contributed by atoms with Crippen LogP contribution >= 0.6 is 0 Å². The quantitative estimate of drug-likeness (QED) is 0.796. The van der Waals surface area contributed by atoms with Gasteiger partial charge in [0.1, 0.15) is 0 Å². The van der Waals surface area contributed by atoms with Crippen molar-refractivity contribution in [2.24, 2.45) is 0 Å². The number of ether oxygens (including phenoxy) is 1. The molecule has 1 aliphatic rings. The van der Waals surface area contributed by atoms with Crippen molar-refractivity contribution < 1.29 is 4.74 Å². The van der Waals surface area contributed by atoms with E-state index in [0.717, 1.165) is 32.8 Å². The first-order chi connectivity index (χ1) is 10.2. The van der Waals surface area contributed by atoms with Gasteiger partial charge >= 0.3 is 0 Å². The van der Waals surface area contributed by atoms with Crippen LogP contribution in [0.15, 0.2) is 24.3 Å². The monoisotopic (exact) mass is 290 g/mol. The van der Waals surface area contributed by atoms with Crippen LogP contribution in [0.25, 0.3) is 0 Å². The number of likely N-dealkylation sites (N-methyl/N-ethyl adjacent to an activating group) is 1. The molecule has 1 aromatic rings. The third-order valence-electron chi connectivity index (χ3n) is 4.15. The van der Waals surface area contributed by atoms with Gasteiger partial charge in [0.05, 0.1) is 6.10 Å². The van der Waals surface area contributed by atoms with E-state index in [1.807, 2.05) is 0 Å². The summed E-state index contributed by atoms with van der Waals surface area (Å²) >= 11 is 0. The third kappa shape index (κ3) is 5.42. The fourth-order valence-corrected chi connectivity index (χ4v) is 2.82. The van der Waals surface area contributed by atoms with Gasteiger partial charge in [-0.25, -0.2) is 0 Å². The Bertz CT molecular complexity index is 413. The normalized spacial score (nSPS) is 18.8. The first kappa shape index (κ1) is 16.5. The molecule has 3 nitrogen and oxygen atoms in total. The second-order valence-corrected chi connectivity index (χ2v) is 6.27. The summed E-state index contributed by atoms with van der Waals surface area (Å²) in [4.78, 5) is 2.50. The Labute approximate surface area is 129 Å². The van der Waals surface area contributed by atoms with E-state index < -0.39 is 0 Å². The molecule has 21 heavy (non-hydrogen) atoms. The Morgan fingerprint density at radius 2 is 2.05 bits per heavy atom. The molecule has 0 aromatic heterocycles. The van der Waals surface area contributed by atoms with Gasteiger partial charge in [0.15, 0.2) is 0 Å². The summed E-state index contributed by atoms with van der Waals surface area (Å²) in [6.07, 6.45) is 2.87. The summed E-state index contributed by atoms with van der Waals surface area (Å²) in [6.45, 7) is 11.7. The predicted octanol–water partition coefficient (Wildman–Crippen LogP) is 3.19. The van der Waals surface area contributed by atoms with E-state index >= 15 is 0 Å². The maximum atomic E-state index is 5.78. The lowest BCUT2D eigenvalue weighted by molar-refractivity contribution is 0.0724. The lowest BCUT2D eigenvalue weighted by atomic mass is 10.1. The van der Waals surface area contributed by atoms with Crippen molar-refractivity contribution in [1.29, 1.82) is 0 Å². The third-order valence-corrected chi connectivity index (χ3v) is 4.15. The Kier molecular flexibility index (Phi) is 6.68. The van der Waals surface area contributed by atoms with Crippen molar-refractivity contribution in [1.82, 2.24) is 10.2 Å². The zero-order chi connectivity index (χ0) is 15.1. The SMILES string of the molecule is CCN(Cc1ccccc1CNC(C)C)CC1CCCO1. The topological polar surface area (TPSA) is 24.5 Å². The van der Waals surface area contributed by atoms with Crippen LogP contribution in [0.2, 0.25) is 0 Å². The molecule has 0 amide bonds. The first-order valence-corrected chi connectivity index (χ1v) is 8.33. The molecule has 0 radical (unpaired) electrons. The summed E-state index contributed by atoms with van der Waals surface area (Å²) in [7, 11) is 0. The highest BCUT2D eigenvalue weighted by molar-refractivity contribution is 5.27. The molecule has 1 aliphatic heterocycles. The van der Waals surface area contributed by atoms with Crippen LogP contribution in [0.1, 0.15) is 44.7 Å². The standard InChI is InChI=1S/C18H30N2O/c1-4-20(14-18-10-7-11-21-18)13-17-9-6-5-8-16(17)12-19-15(2)3/h5-6,8-9,15,18-19H,4,7,10-14H2,1-3H3. The van der Waals surface area contributed by atoms with E-state index in [2.05, 4.69) is 55.3 Å². The smallest absolute Gasteiger partial charge is 0.0702 e. The number of nitrogens with one attached hydrogen (secondary N) is 1. The summed E-state index contributed by atoms with van der Waals surface area (Å²) in [5.41, 5.74) is 2.85. The molecule has 1 N–H and O–H groups in total. The number of benzene rings is 1. The predicted molar refractivity (Wildman–Crippen MR) is 88.3 cm³/mol. The Morgan fingerprint density at radius 3 is 2.67 bits per heavy atom. The summed E-state index contributed by atoms with van der Waals surface area (Å²) in [5.74, 6) is 0. The second-order valence-electron chi connectivity index (χ2n) is 6.27. The van der Waals surface area contributed by atoms with Crippen LogP contribution in [0.3, 0.4) is 0 Å². The number of nitrogens with zero attached hydrogens (tertiary/aromatic N) is 1. The van der Waals surface area contributed by atoms with E-state index in [1.165, 1.54) is 24.0 Å². The minimum atomic E-state index is 0.436. The zero-order valence-electron chi connectivity index (χ0n) is 13.8. The van der Waals surface area contributed by atoms with Crippen molar-refractivity contribution in [3.8, 4) is 0 Å². The molecular weight excluding hydrogens is 260 g/mol. The van der Waals surface area contributed by atoms with Crippen molar-refractivity contribution in [2.45, 2.75) is 58.8 Å². The van der Waals surface area contributed by atoms with Crippen LogP contribution in [0.4, 0.5) is 0 Å². The van der Waals surface area contributed by atoms with E-state index in [0.29, 0.717) is 12.1 Å². The maximum Gasteiger partial charge on any atom is 0.0702 e. The maximum absolute atomic E-state index is 5.78. The highest BCUT2D eigenvalue weighted by Crippen LogP contribution is 2.16. The van der Waals surface area contributed by atoms with Gasteiger partial charge in [-0.15, -0.1) is 0 Å². The lowest BCUT2D eigenvalue weighted by Crippen LogP contribution is -2.32. The Hall–Kier alpha value is -0.900. The average Bonchev–Trinajstić information content (AvgIpc) is 2.98. The van der Waals surface area contributed by atoms with Crippen LogP contribution in [-0.2, 0) is 17.8 Å². The molecule has 118 valence electrons. The molecule has 0 spiro atoms. The van der Waals surface area contributed by atoms with E-state index in [-0.39, 0.29) is 0 Å². The minimum absolute atomic E-state index is 0.436. The molecule has 1 unspecified atom stereocenters. The molecule has 1 aromatic carbocycles. The van der Waals surface area contributed by atoms with Crippen LogP contribution in [0.5, 0.6) is 0 Å². The van der Waals surface area contributed by atoms with E-state index in [4.69, 9.17) is 4.74 Å². The van der Waals surface area contributed by atoms with Crippen molar-refractivity contribution in [3.63, 3.8) is 0 Å². The highest BCUT2D eigenvalue weighted by atomic mass is 16.5. The summed E-state index contributed by atoms with van der Waals surface area (Å²) in [5, 5.41) is 3.52. The molecule has 1 saturated heterocycles. The van der Waals surface area contributed by atoms with Crippen molar-refractivity contribution in [2.75, 3.05) is 19.7 Å². The molecule has 1 fully saturated rings. The van der Waals surface area contributed by atoms with Crippen molar-refractivity contribution >= 4 is 0 Å². The molecule has 0 saturated carbocycles. The summed E-state index contributed by atoms with van der Waals surface area (Å²) in [6, 6.07) is 9.30.